The number of benzene rings is 1. The number of hydrogen-bond donors (Lipinski definition) is 0. The van der Waals surface area contributed by atoms with E-state index in [0.29, 0.717) is 24.3 Å². The van der Waals surface area contributed by atoms with Crippen molar-refractivity contribution in [2.24, 2.45) is 0 Å². The van der Waals surface area contributed by atoms with Gasteiger partial charge in [-0.1, -0.05) is 0 Å². The minimum absolute atomic E-state index is 0.0601. The number of piperazine rings is 1. The smallest absolute Gasteiger partial charge is 0.270 e. The monoisotopic (exact) mass is 374 g/mol. The fourth-order valence-corrected chi connectivity index (χ4v) is 3.78. The summed E-state index contributed by atoms with van der Waals surface area (Å²) in [5.41, 5.74) is 2.31. The predicted molar refractivity (Wildman–Crippen MR) is 103 cm³/mol. The largest absolute Gasteiger partial charge is 0.377 e. The van der Waals surface area contributed by atoms with Gasteiger partial charge in [0.15, 0.2) is 0 Å². The summed E-state index contributed by atoms with van der Waals surface area (Å²) in [6.45, 7) is 3.74. The second-order valence-corrected chi connectivity index (χ2v) is 7.33. The number of carbonyl (C=O) groups is 1. The zero-order chi connectivity index (χ0) is 18.7. The molecule has 0 atom stereocenters. The average Bonchev–Trinajstić information content (AvgIpc) is 3.14. The van der Waals surface area contributed by atoms with E-state index in [0.717, 1.165) is 19.6 Å². The third-order valence-corrected chi connectivity index (χ3v) is 5.28. The molecule has 0 spiro atoms. The Balaban J connectivity index is 1.71. The average molecular weight is 374 g/mol. The van der Waals surface area contributed by atoms with Crippen LogP contribution in [-0.4, -0.2) is 60.9 Å². The van der Waals surface area contributed by atoms with Gasteiger partial charge in [-0.3, -0.25) is 19.8 Å². The minimum atomic E-state index is -0.463. The van der Waals surface area contributed by atoms with Crippen molar-refractivity contribution in [3.63, 3.8) is 0 Å². The number of nitro benzene ring substituents is 1. The van der Waals surface area contributed by atoms with Crippen LogP contribution in [0.25, 0.3) is 0 Å². The van der Waals surface area contributed by atoms with Crippen molar-refractivity contribution in [1.29, 1.82) is 0 Å². The molecule has 1 aromatic heterocycles. The zero-order valence-corrected chi connectivity index (χ0v) is 15.7. The van der Waals surface area contributed by atoms with Crippen molar-refractivity contribution in [3.8, 4) is 0 Å². The van der Waals surface area contributed by atoms with Crippen LogP contribution >= 0.6 is 11.3 Å². The quantitative estimate of drug-likeness (QED) is 0.594. The van der Waals surface area contributed by atoms with Crippen LogP contribution in [0.5, 0.6) is 0 Å². The first kappa shape index (κ1) is 18.3. The summed E-state index contributed by atoms with van der Waals surface area (Å²) in [5.74, 6) is -0.146. The van der Waals surface area contributed by atoms with Crippen LogP contribution in [0, 0.1) is 10.1 Å². The Morgan fingerprint density at radius 3 is 2.54 bits per heavy atom. The molecule has 1 saturated heterocycles. The van der Waals surface area contributed by atoms with Crippen molar-refractivity contribution < 1.29 is 9.72 Å². The molecule has 0 bridgehead atoms. The van der Waals surface area contributed by atoms with Crippen LogP contribution in [-0.2, 0) is 6.54 Å². The number of hydrogen-bond acceptors (Lipinski definition) is 6. The molecule has 8 heteroatoms. The lowest BCUT2D eigenvalue weighted by atomic mass is 10.1. The van der Waals surface area contributed by atoms with E-state index in [4.69, 9.17) is 0 Å². The van der Waals surface area contributed by atoms with E-state index in [1.807, 2.05) is 19.0 Å². The Labute approximate surface area is 156 Å². The van der Waals surface area contributed by atoms with Gasteiger partial charge < -0.3 is 9.80 Å². The van der Waals surface area contributed by atoms with Crippen molar-refractivity contribution in [3.05, 3.63) is 56.3 Å². The Hall–Kier alpha value is -2.45. The van der Waals surface area contributed by atoms with Gasteiger partial charge in [-0.05, 0) is 28.5 Å². The van der Waals surface area contributed by atoms with E-state index < -0.39 is 4.92 Å². The molecule has 2 aromatic rings. The molecule has 138 valence electrons. The molecular formula is C18H22N4O3S. The molecule has 0 radical (unpaired) electrons. The molecular weight excluding hydrogens is 352 g/mol. The highest BCUT2D eigenvalue weighted by molar-refractivity contribution is 7.07. The highest BCUT2D eigenvalue weighted by atomic mass is 32.1. The maximum atomic E-state index is 13.0. The van der Waals surface area contributed by atoms with Crippen molar-refractivity contribution in [2.75, 3.05) is 45.2 Å². The maximum Gasteiger partial charge on any atom is 0.270 e. The predicted octanol–water partition coefficient (Wildman–Crippen LogP) is 2.68. The molecule has 1 fully saturated rings. The number of non-ortho nitro benzene ring substituents is 1. The van der Waals surface area contributed by atoms with Crippen molar-refractivity contribution in [1.82, 2.24) is 9.80 Å². The van der Waals surface area contributed by atoms with Crippen molar-refractivity contribution in [2.45, 2.75) is 6.54 Å². The summed E-state index contributed by atoms with van der Waals surface area (Å²) < 4.78 is 0. The first-order chi connectivity index (χ1) is 12.5. The van der Waals surface area contributed by atoms with Gasteiger partial charge in [0.2, 0.25) is 0 Å². The Morgan fingerprint density at radius 2 is 1.96 bits per heavy atom. The molecule has 3 rings (SSSR count). The summed E-state index contributed by atoms with van der Waals surface area (Å²) in [7, 11) is 3.66. The lowest BCUT2D eigenvalue weighted by Crippen LogP contribution is -2.48. The number of carbonyl (C=O) groups excluding carboxylic acids is 1. The van der Waals surface area contributed by atoms with E-state index in [1.54, 1.807) is 22.3 Å². The molecule has 1 amide bonds. The lowest BCUT2D eigenvalue weighted by Gasteiger charge is -2.35. The van der Waals surface area contributed by atoms with Crippen LogP contribution in [0.1, 0.15) is 15.9 Å². The normalized spacial score (nSPS) is 15.1. The van der Waals surface area contributed by atoms with E-state index in [9.17, 15) is 14.9 Å². The van der Waals surface area contributed by atoms with E-state index in [2.05, 4.69) is 21.7 Å². The zero-order valence-electron chi connectivity index (χ0n) is 14.9. The fourth-order valence-electron chi connectivity index (χ4n) is 3.12. The first-order valence-electron chi connectivity index (χ1n) is 8.44. The SMILES string of the molecule is CN(C)c1ccc([N+](=O)[O-])cc1C(=O)N1CCN(Cc2ccsc2)CC1. The minimum Gasteiger partial charge on any atom is -0.377 e. The molecule has 26 heavy (non-hydrogen) atoms. The lowest BCUT2D eigenvalue weighted by molar-refractivity contribution is -0.384. The molecule has 0 saturated carbocycles. The van der Waals surface area contributed by atoms with E-state index >= 15 is 0 Å². The van der Waals surface area contributed by atoms with Crippen LogP contribution < -0.4 is 4.90 Å². The van der Waals surface area contributed by atoms with E-state index in [-0.39, 0.29) is 11.6 Å². The second kappa shape index (κ2) is 7.84. The first-order valence-corrected chi connectivity index (χ1v) is 9.38. The highest BCUT2D eigenvalue weighted by Crippen LogP contribution is 2.26. The third-order valence-electron chi connectivity index (χ3n) is 4.55. The Morgan fingerprint density at radius 1 is 1.23 bits per heavy atom. The second-order valence-electron chi connectivity index (χ2n) is 6.55. The Bertz CT molecular complexity index is 784. The summed E-state index contributed by atoms with van der Waals surface area (Å²) in [6, 6.07) is 6.58. The van der Waals surface area contributed by atoms with Crippen LogP contribution in [0.2, 0.25) is 0 Å². The third kappa shape index (κ3) is 4.03. The molecule has 0 N–H and O–H groups in total. The molecule has 1 aliphatic heterocycles. The maximum absolute atomic E-state index is 13.0. The van der Waals surface area contributed by atoms with Crippen molar-refractivity contribution >= 4 is 28.6 Å². The van der Waals surface area contributed by atoms with Gasteiger partial charge in [0, 0.05) is 64.6 Å². The summed E-state index contributed by atoms with van der Waals surface area (Å²) in [4.78, 5) is 29.5. The topological polar surface area (TPSA) is 69.9 Å². The van der Waals surface area contributed by atoms with Gasteiger partial charge in [-0.2, -0.15) is 11.3 Å². The van der Waals surface area contributed by atoms with Gasteiger partial charge in [0.05, 0.1) is 10.5 Å². The molecule has 1 aliphatic rings. The number of nitrogens with zero attached hydrogens (tertiary/aromatic N) is 4. The number of nitro groups is 1. The fraction of sp³-hybridized carbons (Fsp3) is 0.389. The molecule has 0 unspecified atom stereocenters. The van der Waals surface area contributed by atoms with Crippen LogP contribution in [0.15, 0.2) is 35.0 Å². The number of rotatable bonds is 5. The molecule has 2 heterocycles. The number of amides is 1. The summed E-state index contributed by atoms with van der Waals surface area (Å²) >= 11 is 1.69. The molecule has 1 aromatic carbocycles. The highest BCUT2D eigenvalue weighted by Gasteiger charge is 2.26. The van der Waals surface area contributed by atoms with Crippen LogP contribution in [0.4, 0.5) is 11.4 Å². The molecule has 7 nitrogen and oxygen atoms in total. The van der Waals surface area contributed by atoms with Crippen LogP contribution in [0.3, 0.4) is 0 Å². The van der Waals surface area contributed by atoms with Gasteiger partial charge in [-0.15, -0.1) is 0 Å². The standard InChI is InChI=1S/C18H22N4O3S/c1-19(2)17-4-3-15(22(24)25)11-16(17)18(23)21-8-6-20(7-9-21)12-14-5-10-26-13-14/h3-5,10-11,13H,6-9,12H2,1-2H3. The van der Waals surface area contributed by atoms with E-state index in [1.165, 1.54) is 17.7 Å². The summed E-state index contributed by atoms with van der Waals surface area (Å²) in [5, 5.41) is 15.3. The number of anilines is 1. The van der Waals surface area contributed by atoms with Gasteiger partial charge >= 0.3 is 0 Å². The van der Waals surface area contributed by atoms with Gasteiger partial charge in [0.25, 0.3) is 11.6 Å². The summed E-state index contributed by atoms with van der Waals surface area (Å²) in [6.07, 6.45) is 0. The molecule has 0 aliphatic carbocycles. The Kier molecular flexibility index (Phi) is 5.53. The van der Waals surface area contributed by atoms with Gasteiger partial charge in [-0.25, -0.2) is 0 Å². The van der Waals surface area contributed by atoms with Gasteiger partial charge in [0.1, 0.15) is 0 Å². The number of thiophene rings is 1.